The fraction of sp³-hybridized carbons (Fsp3) is 0.600. The molecule has 0 bridgehead atoms. The number of hydrogen-bond donors (Lipinski definition) is 1. The molecule has 1 N–H and O–H groups in total. The molecule has 1 aromatic rings. The summed E-state index contributed by atoms with van der Waals surface area (Å²) in [5.41, 5.74) is 1.34. The highest BCUT2D eigenvalue weighted by Gasteiger charge is 2.58. The summed E-state index contributed by atoms with van der Waals surface area (Å²) in [4.78, 5) is 0. The van der Waals surface area contributed by atoms with Crippen LogP contribution in [0.4, 0.5) is 4.39 Å². The minimum absolute atomic E-state index is 0.252. The zero-order valence-electron chi connectivity index (χ0n) is 11.3. The van der Waals surface area contributed by atoms with Gasteiger partial charge >= 0.3 is 0 Å². The van der Waals surface area contributed by atoms with Crippen LogP contribution in [-0.2, 0) is 0 Å². The smallest absolute Gasteiger partial charge is 0.124 e. The first-order chi connectivity index (χ1) is 8.48. The Labute approximate surface area is 114 Å². The first-order valence-corrected chi connectivity index (χ1v) is 7.02. The van der Waals surface area contributed by atoms with E-state index in [1.165, 1.54) is 12.1 Å². The van der Waals surface area contributed by atoms with Gasteiger partial charge in [0, 0.05) is 5.02 Å². The van der Waals surface area contributed by atoms with E-state index in [0.717, 1.165) is 25.1 Å². The van der Waals surface area contributed by atoms with Crippen molar-refractivity contribution >= 4 is 11.6 Å². The molecule has 0 radical (unpaired) electrons. The summed E-state index contributed by atoms with van der Waals surface area (Å²) >= 11 is 6.16. The lowest BCUT2D eigenvalue weighted by Gasteiger charge is -2.05. The standard InChI is InChI=1S/C15H21ClFN/c1-4-7-18-9-12-14(15(12,2)3)11-6-5-10(17)8-13(11)16/h5-6,8,12,14,18H,4,7,9H2,1-3H3. The fourth-order valence-electron chi connectivity index (χ4n) is 2.93. The monoisotopic (exact) mass is 269 g/mol. The van der Waals surface area contributed by atoms with Gasteiger partial charge in [-0.25, -0.2) is 4.39 Å². The minimum atomic E-state index is -0.261. The molecule has 2 rings (SSSR count). The highest BCUT2D eigenvalue weighted by atomic mass is 35.5. The zero-order valence-corrected chi connectivity index (χ0v) is 12.0. The van der Waals surface area contributed by atoms with Gasteiger partial charge in [0.25, 0.3) is 0 Å². The molecule has 1 aromatic carbocycles. The lowest BCUT2D eigenvalue weighted by Crippen LogP contribution is -2.19. The molecule has 1 fully saturated rings. The largest absolute Gasteiger partial charge is 0.316 e. The van der Waals surface area contributed by atoms with Crippen molar-refractivity contribution in [2.24, 2.45) is 11.3 Å². The number of nitrogens with one attached hydrogen (secondary N) is 1. The van der Waals surface area contributed by atoms with Crippen molar-refractivity contribution in [3.05, 3.63) is 34.6 Å². The first-order valence-electron chi connectivity index (χ1n) is 6.64. The lowest BCUT2D eigenvalue weighted by atomic mass is 10.0. The van der Waals surface area contributed by atoms with Crippen LogP contribution in [0.5, 0.6) is 0 Å². The second kappa shape index (κ2) is 5.18. The van der Waals surface area contributed by atoms with Crippen molar-refractivity contribution in [2.75, 3.05) is 13.1 Å². The molecule has 0 aromatic heterocycles. The molecule has 18 heavy (non-hydrogen) atoms. The van der Waals surface area contributed by atoms with Gasteiger partial charge in [-0.15, -0.1) is 0 Å². The van der Waals surface area contributed by atoms with E-state index >= 15 is 0 Å². The van der Waals surface area contributed by atoms with E-state index in [9.17, 15) is 4.39 Å². The number of benzene rings is 1. The van der Waals surface area contributed by atoms with Crippen LogP contribution in [-0.4, -0.2) is 13.1 Å². The van der Waals surface area contributed by atoms with E-state index in [-0.39, 0.29) is 11.2 Å². The fourth-order valence-corrected chi connectivity index (χ4v) is 3.22. The van der Waals surface area contributed by atoms with Gasteiger partial charge in [-0.3, -0.25) is 0 Å². The van der Waals surface area contributed by atoms with Crippen molar-refractivity contribution in [1.29, 1.82) is 0 Å². The molecular formula is C15H21ClFN. The molecule has 100 valence electrons. The first kappa shape index (κ1) is 13.8. The van der Waals surface area contributed by atoms with E-state index in [0.29, 0.717) is 16.9 Å². The molecule has 2 unspecified atom stereocenters. The summed E-state index contributed by atoms with van der Waals surface area (Å²) in [6, 6.07) is 4.76. The van der Waals surface area contributed by atoms with Crippen LogP contribution in [0.1, 0.15) is 38.7 Å². The third-order valence-electron chi connectivity index (χ3n) is 4.14. The summed E-state index contributed by atoms with van der Waals surface area (Å²) in [6.07, 6.45) is 1.15. The maximum atomic E-state index is 13.1. The predicted octanol–water partition coefficient (Wildman–Crippen LogP) is 4.22. The van der Waals surface area contributed by atoms with Crippen molar-refractivity contribution in [3.63, 3.8) is 0 Å². The quantitative estimate of drug-likeness (QED) is 0.790. The molecule has 2 atom stereocenters. The molecule has 1 saturated carbocycles. The highest BCUT2D eigenvalue weighted by Crippen LogP contribution is 2.65. The van der Waals surface area contributed by atoms with Gasteiger partial charge in [0.1, 0.15) is 5.82 Å². The molecule has 1 aliphatic carbocycles. The van der Waals surface area contributed by atoms with Crippen LogP contribution < -0.4 is 5.32 Å². The second-order valence-corrected chi connectivity index (χ2v) is 6.18. The molecule has 0 amide bonds. The number of hydrogen-bond acceptors (Lipinski definition) is 1. The van der Waals surface area contributed by atoms with E-state index in [1.54, 1.807) is 0 Å². The second-order valence-electron chi connectivity index (χ2n) is 5.78. The average molecular weight is 270 g/mol. The summed E-state index contributed by atoms with van der Waals surface area (Å²) < 4.78 is 13.1. The third-order valence-corrected chi connectivity index (χ3v) is 4.47. The van der Waals surface area contributed by atoms with Gasteiger partial charge in [-0.05, 0) is 54.5 Å². The van der Waals surface area contributed by atoms with Gasteiger partial charge in [-0.2, -0.15) is 0 Å². The zero-order chi connectivity index (χ0) is 13.3. The van der Waals surface area contributed by atoms with Crippen LogP contribution in [0.15, 0.2) is 18.2 Å². The van der Waals surface area contributed by atoms with Gasteiger partial charge < -0.3 is 5.32 Å². The van der Waals surface area contributed by atoms with Crippen LogP contribution in [0, 0.1) is 17.2 Å². The Hall–Kier alpha value is -0.600. The Balaban J connectivity index is 2.09. The Morgan fingerprint density at radius 3 is 2.72 bits per heavy atom. The van der Waals surface area contributed by atoms with E-state index in [2.05, 4.69) is 26.1 Å². The molecular weight excluding hydrogens is 249 g/mol. The maximum absolute atomic E-state index is 13.1. The van der Waals surface area contributed by atoms with Gasteiger partial charge in [0.2, 0.25) is 0 Å². The minimum Gasteiger partial charge on any atom is -0.316 e. The Morgan fingerprint density at radius 2 is 2.11 bits per heavy atom. The van der Waals surface area contributed by atoms with Crippen LogP contribution in [0.2, 0.25) is 5.02 Å². The van der Waals surface area contributed by atoms with Crippen LogP contribution in [0.3, 0.4) is 0 Å². The van der Waals surface area contributed by atoms with Gasteiger partial charge in [-0.1, -0.05) is 38.4 Å². The van der Waals surface area contributed by atoms with Crippen LogP contribution >= 0.6 is 11.6 Å². The molecule has 1 aliphatic rings. The van der Waals surface area contributed by atoms with E-state index in [4.69, 9.17) is 11.6 Å². The summed E-state index contributed by atoms with van der Waals surface area (Å²) in [5.74, 6) is 0.768. The molecule has 1 nitrogen and oxygen atoms in total. The summed E-state index contributed by atoms with van der Waals surface area (Å²) in [5, 5.41) is 4.03. The maximum Gasteiger partial charge on any atom is 0.124 e. The number of halogens is 2. The Bertz CT molecular complexity index is 431. The number of rotatable bonds is 5. The van der Waals surface area contributed by atoms with Gasteiger partial charge in [0.15, 0.2) is 0 Å². The summed E-state index contributed by atoms with van der Waals surface area (Å²) in [6.45, 7) is 8.75. The summed E-state index contributed by atoms with van der Waals surface area (Å²) in [7, 11) is 0. The Morgan fingerprint density at radius 1 is 1.39 bits per heavy atom. The topological polar surface area (TPSA) is 12.0 Å². The average Bonchev–Trinajstić information content (AvgIpc) is 2.81. The normalized spacial score (nSPS) is 25.2. The third kappa shape index (κ3) is 2.55. The van der Waals surface area contributed by atoms with Crippen molar-refractivity contribution in [1.82, 2.24) is 5.32 Å². The van der Waals surface area contributed by atoms with E-state index < -0.39 is 0 Å². The molecule has 3 heteroatoms. The van der Waals surface area contributed by atoms with Gasteiger partial charge in [0.05, 0.1) is 0 Å². The highest BCUT2D eigenvalue weighted by molar-refractivity contribution is 6.31. The Kier molecular flexibility index (Phi) is 3.98. The van der Waals surface area contributed by atoms with Crippen molar-refractivity contribution < 1.29 is 4.39 Å². The van der Waals surface area contributed by atoms with Crippen molar-refractivity contribution in [2.45, 2.75) is 33.1 Å². The molecule has 0 heterocycles. The SMILES string of the molecule is CCCNCC1C(c2ccc(F)cc2Cl)C1(C)C. The molecule has 0 aliphatic heterocycles. The molecule has 0 saturated heterocycles. The molecule has 0 spiro atoms. The van der Waals surface area contributed by atoms with Crippen molar-refractivity contribution in [3.8, 4) is 0 Å². The van der Waals surface area contributed by atoms with Crippen LogP contribution in [0.25, 0.3) is 0 Å². The van der Waals surface area contributed by atoms with E-state index in [1.807, 2.05) is 6.07 Å². The predicted molar refractivity (Wildman–Crippen MR) is 74.6 cm³/mol. The lowest BCUT2D eigenvalue weighted by molar-refractivity contribution is 0.518.